The number of H-pyrrole nitrogens is 1. The summed E-state index contributed by atoms with van der Waals surface area (Å²) in [6, 6.07) is 3.73. The summed E-state index contributed by atoms with van der Waals surface area (Å²) in [5.41, 5.74) is 0. The lowest BCUT2D eigenvalue weighted by atomic mass is 9.96. The molecule has 8 heteroatoms. The van der Waals surface area contributed by atoms with Gasteiger partial charge in [0.25, 0.3) is 0 Å². The van der Waals surface area contributed by atoms with E-state index in [-0.39, 0.29) is 11.8 Å². The van der Waals surface area contributed by atoms with E-state index in [1.54, 1.807) is 6.20 Å². The highest BCUT2D eigenvalue weighted by Crippen LogP contribution is 2.23. The number of carbonyl (C=O) groups excluding carboxylic acids is 1. The Morgan fingerprint density at radius 3 is 2.76 bits per heavy atom. The Balaban J connectivity index is 1.55. The monoisotopic (exact) mass is 306 g/mol. The van der Waals surface area contributed by atoms with Crippen molar-refractivity contribution in [1.82, 2.24) is 20.2 Å². The van der Waals surface area contributed by atoms with Crippen LogP contribution in [0.4, 0.5) is 11.8 Å². The number of anilines is 2. The van der Waals surface area contributed by atoms with Crippen LogP contribution in [-0.4, -0.2) is 39.2 Å². The van der Waals surface area contributed by atoms with E-state index >= 15 is 0 Å². The third kappa shape index (κ3) is 3.30. The summed E-state index contributed by atoms with van der Waals surface area (Å²) >= 11 is 5.84. The average molecular weight is 307 g/mol. The van der Waals surface area contributed by atoms with Gasteiger partial charge in [-0.1, -0.05) is 11.6 Å². The fourth-order valence-electron chi connectivity index (χ4n) is 2.41. The molecule has 2 N–H and O–H groups in total. The number of hydrogen-bond acceptors (Lipinski definition) is 5. The van der Waals surface area contributed by atoms with Gasteiger partial charge in [-0.25, -0.2) is 10.1 Å². The average Bonchev–Trinajstić information content (AvgIpc) is 3.01. The Morgan fingerprint density at radius 1 is 1.33 bits per heavy atom. The molecule has 2 aromatic rings. The summed E-state index contributed by atoms with van der Waals surface area (Å²) in [5.74, 6) is 1.25. The quantitative estimate of drug-likeness (QED) is 0.901. The smallest absolute Gasteiger partial charge is 0.229 e. The van der Waals surface area contributed by atoms with Gasteiger partial charge in [-0.3, -0.25) is 10.1 Å². The molecule has 110 valence electrons. The number of aromatic amines is 1. The highest BCUT2D eigenvalue weighted by Gasteiger charge is 2.26. The van der Waals surface area contributed by atoms with Crippen molar-refractivity contribution >= 4 is 29.3 Å². The van der Waals surface area contributed by atoms with Crippen LogP contribution in [0.15, 0.2) is 24.7 Å². The van der Waals surface area contributed by atoms with E-state index in [1.807, 2.05) is 12.1 Å². The zero-order valence-electron chi connectivity index (χ0n) is 11.3. The molecule has 7 nitrogen and oxygen atoms in total. The molecular formula is C13H15ClN6O. The zero-order chi connectivity index (χ0) is 14.7. The molecular weight excluding hydrogens is 292 g/mol. The predicted molar refractivity (Wildman–Crippen MR) is 79.2 cm³/mol. The molecule has 2 aromatic heterocycles. The number of nitrogens with zero attached hydrogens (tertiary/aromatic N) is 4. The number of amides is 1. The third-order valence-corrected chi connectivity index (χ3v) is 3.78. The first-order chi connectivity index (χ1) is 10.2. The van der Waals surface area contributed by atoms with Gasteiger partial charge < -0.3 is 4.90 Å². The molecule has 0 spiro atoms. The van der Waals surface area contributed by atoms with Crippen molar-refractivity contribution in [2.75, 3.05) is 23.3 Å². The van der Waals surface area contributed by atoms with Gasteiger partial charge in [0.05, 0.1) is 5.02 Å². The molecule has 1 aliphatic rings. The number of rotatable bonds is 3. The van der Waals surface area contributed by atoms with Crippen molar-refractivity contribution < 1.29 is 4.79 Å². The number of pyridine rings is 1. The van der Waals surface area contributed by atoms with Crippen LogP contribution >= 0.6 is 11.6 Å². The molecule has 1 fully saturated rings. The molecule has 3 rings (SSSR count). The molecule has 1 saturated heterocycles. The maximum Gasteiger partial charge on any atom is 0.229 e. The molecule has 0 radical (unpaired) electrons. The molecule has 1 amide bonds. The summed E-state index contributed by atoms with van der Waals surface area (Å²) in [6.45, 7) is 1.59. The van der Waals surface area contributed by atoms with Crippen molar-refractivity contribution in [2.24, 2.45) is 5.92 Å². The molecule has 0 saturated carbocycles. The van der Waals surface area contributed by atoms with Crippen molar-refractivity contribution in [3.8, 4) is 0 Å². The summed E-state index contributed by atoms with van der Waals surface area (Å²) in [7, 11) is 0. The lowest BCUT2D eigenvalue weighted by Crippen LogP contribution is -2.38. The van der Waals surface area contributed by atoms with Gasteiger partial charge in [0.15, 0.2) is 0 Å². The van der Waals surface area contributed by atoms with E-state index in [0.29, 0.717) is 11.0 Å². The van der Waals surface area contributed by atoms with E-state index < -0.39 is 0 Å². The van der Waals surface area contributed by atoms with Crippen molar-refractivity contribution in [3.63, 3.8) is 0 Å². The number of hydrogen-bond donors (Lipinski definition) is 2. The number of nitrogens with one attached hydrogen (secondary N) is 2. The van der Waals surface area contributed by atoms with Gasteiger partial charge in [0.1, 0.15) is 12.1 Å². The lowest BCUT2D eigenvalue weighted by Gasteiger charge is -2.31. The molecule has 1 aliphatic heterocycles. The normalized spacial score (nSPS) is 16.0. The third-order valence-electron chi connectivity index (χ3n) is 3.56. The van der Waals surface area contributed by atoms with E-state index in [1.165, 1.54) is 6.33 Å². The molecule has 0 atom stereocenters. The maximum atomic E-state index is 12.1. The van der Waals surface area contributed by atoms with Gasteiger partial charge in [-0.15, -0.1) is 0 Å². The van der Waals surface area contributed by atoms with Gasteiger partial charge in [-0.05, 0) is 25.0 Å². The lowest BCUT2D eigenvalue weighted by molar-refractivity contribution is -0.120. The van der Waals surface area contributed by atoms with Gasteiger partial charge in [0.2, 0.25) is 11.9 Å². The highest BCUT2D eigenvalue weighted by atomic mass is 35.5. The minimum absolute atomic E-state index is 0.0151. The van der Waals surface area contributed by atoms with Gasteiger partial charge in [-0.2, -0.15) is 10.1 Å². The summed E-state index contributed by atoms with van der Waals surface area (Å²) < 4.78 is 0. The first-order valence-electron chi connectivity index (χ1n) is 6.75. The maximum absolute atomic E-state index is 12.1. The van der Waals surface area contributed by atoms with Gasteiger partial charge in [0, 0.05) is 25.2 Å². The van der Waals surface area contributed by atoms with Crippen LogP contribution in [-0.2, 0) is 4.79 Å². The van der Waals surface area contributed by atoms with Gasteiger partial charge >= 0.3 is 0 Å². The molecule has 21 heavy (non-hydrogen) atoms. The van der Waals surface area contributed by atoms with Crippen LogP contribution in [0.1, 0.15) is 12.8 Å². The number of piperidine rings is 1. The Morgan fingerprint density at radius 2 is 2.14 bits per heavy atom. The first kappa shape index (κ1) is 13.8. The highest BCUT2D eigenvalue weighted by molar-refractivity contribution is 6.30. The fraction of sp³-hybridized carbons (Fsp3) is 0.385. The topological polar surface area (TPSA) is 86.8 Å². The number of halogens is 1. The Kier molecular flexibility index (Phi) is 4.01. The van der Waals surface area contributed by atoms with Crippen LogP contribution in [0.2, 0.25) is 5.02 Å². The molecule has 3 heterocycles. The summed E-state index contributed by atoms with van der Waals surface area (Å²) in [5, 5.41) is 9.68. The van der Waals surface area contributed by atoms with Crippen LogP contribution in [0.25, 0.3) is 0 Å². The second-order valence-electron chi connectivity index (χ2n) is 4.92. The number of carbonyl (C=O) groups is 1. The van der Waals surface area contributed by atoms with Crippen LogP contribution in [0.5, 0.6) is 0 Å². The van der Waals surface area contributed by atoms with Crippen LogP contribution in [0, 0.1) is 5.92 Å². The van der Waals surface area contributed by atoms with E-state index in [4.69, 9.17) is 11.6 Å². The molecule has 0 unspecified atom stereocenters. The summed E-state index contributed by atoms with van der Waals surface area (Å²) in [6.07, 6.45) is 4.57. The first-order valence-corrected chi connectivity index (χ1v) is 7.13. The fourth-order valence-corrected chi connectivity index (χ4v) is 2.52. The van der Waals surface area contributed by atoms with E-state index in [2.05, 4.69) is 30.4 Å². The largest absolute Gasteiger partial charge is 0.357 e. The van der Waals surface area contributed by atoms with Crippen molar-refractivity contribution in [2.45, 2.75) is 12.8 Å². The predicted octanol–water partition coefficient (Wildman–Crippen LogP) is 1.71. The van der Waals surface area contributed by atoms with Crippen molar-refractivity contribution in [1.29, 1.82) is 0 Å². The molecule has 0 aliphatic carbocycles. The molecule has 0 aromatic carbocycles. The second kappa shape index (κ2) is 6.09. The van der Waals surface area contributed by atoms with Crippen LogP contribution in [0.3, 0.4) is 0 Å². The molecule has 0 bridgehead atoms. The minimum Gasteiger partial charge on any atom is -0.357 e. The SMILES string of the molecule is O=C(Nc1ncn[nH]1)C1CCN(c2ccc(Cl)cn2)CC1. The summed E-state index contributed by atoms with van der Waals surface area (Å²) in [4.78, 5) is 22.5. The van der Waals surface area contributed by atoms with E-state index in [0.717, 1.165) is 31.7 Å². The second-order valence-corrected chi connectivity index (χ2v) is 5.36. The number of aromatic nitrogens is 4. The Labute approximate surface area is 126 Å². The Hall–Kier alpha value is -2.15. The zero-order valence-corrected chi connectivity index (χ0v) is 12.0. The standard InChI is InChI=1S/C13H15ClN6O/c14-10-1-2-11(15-7-10)20-5-3-9(4-6-20)12(21)18-13-16-8-17-19-13/h1-2,7-9H,3-6H2,(H2,16,17,18,19,21). The van der Waals surface area contributed by atoms with Crippen LogP contribution < -0.4 is 10.2 Å². The van der Waals surface area contributed by atoms with E-state index in [9.17, 15) is 4.79 Å². The van der Waals surface area contributed by atoms with Crippen molar-refractivity contribution in [3.05, 3.63) is 29.7 Å². The Bertz CT molecular complexity index is 592. The minimum atomic E-state index is -0.0181.